The maximum atomic E-state index is 12.9. The van der Waals surface area contributed by atoms with E-state index in [0.29, 0.717) is 23.4 Å². The molecule has 162 valence electrons. The highest BCUT2D eigenvalue weighted by Crippen LogP contribution is 2.21. The lowest BCUT2D eigenvalue weighted by Crippen LogP contribution is -2.28. The van der Waals surface area contributed by atoms with Gasteiger partial charge >= 0.3 is 0 Å². The maximum absolute atomic E-state index is 12.9. The molecule has 2 aromatic rings. The average Bonchev–Trinajstić information content (AvgIpc) is 3.16. The molecule has 0 aliphatic carbocycles. The average molecular weight is 419 g/mol. The molecule has 1 aromatic carbocycles. The highest BCUT2D eigenvalue weighted by molar-refractivity contribution is 5.96. The Labute approximate surface area is 174 Å². The summed E-state index contributed by atoms with van der Waals surface area (Å²) in [5.74, 6) is -0.632. The molecule has 9 heteroatoms. The molecule has 1 fully saturated rings. The van der Waals surface area contributed by atoms with Crippen LogP contribution in [0.15, 0.2) is 36.5 Å². The van der Waals surface area contributed by atoms with Gasteiger partial charge in [0.1, 0.15) is 30.0 Å². The van der Waals surface area contributed by atoms with Gasteiger partial charge in [0, 0.05) is 17.4 Å². The molecule has 0 radical (unpaired) electrons. The number of halogens is 1. The number of aliphatic hydroxyl groups excluding tert-OH is 1. The number of carbonyl (C=O) groups excluding carboxylic acids is 2. The Morgan fingerprint density at radius 2 is 2.13 bits per heavy atom. The number of nitrogens with two attached hydrogens (primary N) is 1. The van der Waals surface area contributed by atoms with E-state index >= 15 is 0 Å². The number of carbonyl (C=O) groups is 2. The fourth-order valence-electron chi connectivity index (χ4n) is 2.76. The normalized spacial score (nSPS) is 17.6. The van der Waals surface area contributed by atoms with Crippen molar-refractivity contribution in [2.75, 3.05) is 18.5 Å². The number of rotatable bonds is 6. The molecule has 2 atom stereocenters. The van der Waals surface area contributed by atoms with Crippen LogP contribution in [0.3, 0.4) is 0 Å². The maximum Gasteiger partial charge on any atom is 0.267 e. The second kappa shape index (κ2) is 11.2. The Hall–Kier alpha value is -3.04. The minimum atomic E-state index is -0.628. The van der Waals surface area contributed by atoms with Crippen LogP contribution in [-0.4, -0.2) is 47.3 Å². The van der Waals surface area contributed by atoms with Crippen LogP contribution in [0.1, 0.15) is 35.8 Å². The largest absolute Gasteiger partial charge is 0.491 e. The molecule has 1 saturated heterocycles. The standard InChI is InChI=1S/C12H15N3O3.C9H11FO2/c1-7-2-3-10(18-7)12(17)15-8-4-5-14-9(6-8)11(13)16;1-7-8(10)3-2-4-9(7)12-6-5-11/h4-7,10H,2-3H2,1H3,(H2,13,16)(H,14,15,17);2-4,11H,5-6H2,1H3/t7-,10-;/m1./s1. The Balaban J connectivity index is 0.000000232. The zero-order valence-electron chi connectivity index (χ0n) is 16.9. The summed E-state index contributed by atoms with van der Waals surface area (Å²) in [5.41, 5.74) is 6.20. The Kier molecular flexibility index (Phi) is 8.70. The zero-order valence-corrected chi connectivity index (χ0v) is 16.9. The number of aliphatic hydroxyl groups is 1. The number of nitrogens with zero attached hydrogens (tertiary/aromatic N) is 1. The van der Waals surface area contributed by atoms with E-state index in [1.54, 1.807) is 25.1 Å². The summed E-state index contributed by atoms with van der Waals surface area (Å²) in [6, 6.07) is 7.67. The molecule has 3 rings (SSSR count). The lowest BCUT2D eigenvalue weighted by Gasteiger charge is -2.11. The molecule has 8 nitrogen and oxygen atoms in total. The minimum absolute atomic E-state index is 0.0596. The third-order valence-electron chi connectivity index (χ3n) is 4.37. The van der Waals surface area contributed by atoms with Crippen LogP contribution >= 0.6 is 0 Å². The molecule has 1 aromatic heterocycles. The highest BCUT2D eigenvalue weighted by Gasteiger charge is 2.28. The molecule has 1 aliphatic rings. The van der Waals surface area contributed by atoms with Crippen molar-refractivity contribution in [3.63, 3.8) is 0 Å². The van der Waals surface area contributed by atoms with Crippen LogP contribution in [0, 0.1) is 12.7 Å². The van der Waals surface area contributed by atoms with E-state index in [9.17, 15) is 14.0 Å². The Bertz CT molecular complexity index is 877. The summed E-state index contributed by atoms with van der Waals surface area (Å²) in [4.78, 5) is 26.6. The van der Waals surface area contributed by atoms with Crippen LogP contribution in [0.2, 0.25) is 0 Å². The van der Waals surface area contributed by atoms with Gasteiger partial charge < -0.3 is 25.6 Å². The van der Waals surface area contributed by atoms with E-state index in [1.165, 1.54) is 18.3 Å². The molecule has 1 aliphatic heterocycles. The summed E-state index contributed by atoms with van der Waals surface area (Å²) in [5, 5.41) is 11.2. The molecular weight excluding hydrogens is 393 g/mol. The first kappa shape index (κ1) is 23.2. The van der Waals surface area contributed by atoms with Crippen molar-refractivity contribution in [3.8, 4) is 5.75 Å². The van der Waals surface area contributed by atoms with Gasteiger partial charge in [-0.2, -0.15) is 0 Å². The Morgan fingerprint density at radius 1 is 1.37 bits per heavy atom. The van der Waals surface area contributed by atoms with E-state index in [-0.39, 0.29) is 36.7 Å². The number of hydrogen-bond donors (Lipinski definition) is 3. The Morgan fingerprint density at radius 3 is 2.77 bits per heavy atom. The second-order valence-corrected chi connectivity index (χ2v) is 6.73. The second-order valence-electron chi connectivity index (χ2n) is 6.73. The predicted molar refractivity (Wildman–Crippen MR) is 109 cm³/mol. The number of hydrogen-bond acceptors (Lipinski definition) is 6. The smallest absolute Gasteiger partial charge is 0.267 e. The molecule has 2 heterocycles. The highest BCUT2D eigenvalue weighted by atomic mass is 19.1. The van der Waals surface area contributed by atoms with Crippen LogP contribution in [0.5, 0.6) is 5.75 Å². The number of aromatic nitrogens is 1. The van der Waals surface area contributed by atoms with Gasteiger partial charge in [-0.1, -0.05) is 6.07 Å². The number of pyridine rings is 1. The lowest BCUT2D eigenvalue weighted by atomic mass is 10.2. The first-order valence-electron chi connectivity index (χ1n) is 9.52. The molecule has 2 amide bonds. The zero-order chi connectivity index (χ0) is 22.1. The van der Waals surface area contributed by atoms with Gasteiger partial charge in [0.15, 0.2) is 0 Å². The van der Waals surface area contributed by atoms with Crippen molar-refractivity contribution in [1.82, 2.24) is 4.98 Å². The predicted octanol–water partition coefficient (Wildman–Crippen LogP) is 2.19. The molecule has 0 saturated carbocycles. The number of ether oxygens (including phenoxy) is 2. The molecule has 30 heavy (non-hydrogen) atoms. The van der Waals surface area contributed by atoms with Crippen LogP contribution in [-0.2, 0) is 9.53 Å². The summed E-state index contributed by atoms with van der Waals surface area (Å²) >= 11 is 0. The number of primary amides is 1. The fourth-order valence-corrected chi connectivity index (χ4v) is 2.76. The van der Waals surface area contributed by atoms with E-state index in [0.717, 1.165) is 6.42 Å². The van der Waals surface area contributed by atoms with Gasteiger partial charge in [0.05, 0.1) is 12.7 Å². The number of benzene rings is 1. The third kappa shape index (κ3) is 6.78. The lowest BCUT2D eigenvalue weighted by molar-refractivity contribution is -0.126. The molecule has 4 N–H and O–H groups in total. The van der Waals surface area contributed by atoms with E-state index in [1.807, 2.05) is 6.92 Å². The van der Waals surface area contributed by atoms with Gasteiger partial charge in [-0.05, 0) is 51.0 Å². The topological polar surface area (TPSA) is 124 Å². The number of anilines is 1. The van der Waals surface area contributed by atoms with Crippen LogP contribution in [0.4, 0.5) is 10.1 Å². The first-order chi connectivity index (χ1) is 14.3. The summed E-state index contributed by atoms with van der Waals surface area (Å²) in [7, 11) is 0. The van der Waals surface area contributed by atoms with Crippen molar-refractivity contribution >= 4 is 17.5 Å². The molecular formula is C21H26FN3O5. The summed E-state index contributed by atoms with van der Waals surface area (Å²) in [6.45, 7) is 3.72. The quantitative estimate of drug-likeness (QED) is 0.659. The van der Waals surface area contributed by atoms with Gasteiger partial charge in [-0.15, -0.1) is 0 Å². The van der Waals surface area contributed by atoms with Gasteiger partial charge in [-0.25, -0.2) is 4.39 Å². The fraction of sp³-hybridized carbons (Fsp3) is 0.381. The number of amides is 2. The molecule has 0 spiro atoms. The first-order valence-corrected chi connectivity index (χ1v) is 9.52. The summed E-state index contributed by atoms with van der Waals surface area (Å²) in [6.07, 6.45) is 2.69. The SMILES string of the molecule is C[C@@H]1CC[C@H](C(=O)Nc2ccnc(C(N)=O)c2)O1.Cc1c(F)cccc1OCCO. The van der Waals surface area contributed by atoms with E-state index < -0.39 is 12.0 Å². The van der Waals surface area contributed by atoms with Gasteiger partial charge in [-0.3, -0.25) is 14.6 Å². The van der Waals surface area contributed by atoms with Crippen molar-refractivity contribution in [2.24, 2.45) is 5.73 Å². The number of nitrogens with one attached hydrogen (secondary N) is 1. The van der Waals surface area contributed by atoms with Crippen molar-refractivity contribution in [2.45, 2.75) is 38.9 Å². The van der Waals surface area contributed by atoms with Crippen molar-refractivity contribution in [1.29, 1.82) is 0 Å². The van der Waals surface area contributed by atoms with E-state index in [2.05, 4.69) is 10.3 Å². The van der Waals surface area contributed by atoms with Gasteiger partial charge in [0.2, 0.25) is 0 Å². The summed E-state index contributed by atoms with van der Waals surface area (Å²) < 4.78 is 23.4. The van der Waals surface area contributed by atoms with E-state index in [4.69, 9.17) is 20.3 Å². The third-order valence-corrected chi connectivity index (χ3v) is 4.37. The molecule has 0 bridgehead atoms. The van der Waals surface area contributed by atoms with Crippen molar-refractivity contribution < 1.29 is 28.6 Å². The monoisotopic (exact) mass is 419 g/mol. The minimum Gasteiger partial charge on any atom is -0.491 e. The molecule has 0 unspecified atom stereocenters. The van der Waals surface area contributed by atoms with Crippen molar-refractivity contribution in [3.05, 3.63) is 53.6 Å². The van der Waals surface area contributed by atoms with Crippen LogP contribution < -0.4 is 15.8 Å². The van der Waals surface area contributed by atoms with Crippen LogP contribution in [0.25, 0.3) is 0 Å². The van der Waals surface area contributed by atoms with Gasteiger partial charge in [0.25, 0.3) is 11.8 Å².